The van der Waals surface area contributed by atoms with Crippen molar-refractivity contribution >= 4 is 21.6 Å². The third-order valence-corrected chi connectivity index (χ3v) is 6.33. The molecule has 3 rings (SSSR count). The van der Waals surface area contributed by atoms with E-state index in [1.54, 1.807) is 37.3 Å². The van der Waals surface area contributed by atoms with Crippen molar-refractivity contribution in [1.82, 2.24) is 4.31 Å². The first-order valence-corrected chi connectivity index (χ1v) is 9.40. The number of carbonyl (C=O) groups excluding carboxylic acids is 1. The average Bonchev–Trinajstić information content (AvgIpc) is 2.57. The molecule has 0 unspecified atom stereocenters. The predicted molar refractivity (Wildman–Crippen MR) is 93.3 cm³/mol. The molecular formula is C18H19FN2O3S. The molecule has 0 radical (unpaired) electrons. The van der Waals surface area contributed by atoms with Crippen LogP contribution < -0.4 is 4.90 Å². The minimum Gasteiger partial charge on any atom is -0.310 e. The van der Waals surface area contributed by atoms with Gasteiger partial charge in [-0.1, -0.05) is 23.8 Å². The summed E-state index contributed by atoms with van der Waals surface area (Å²) in [6.45, 7) is 3.76. The summed E-state index contributed by atoms with van der Waals surface area (Å²) in [6.07, 6.45) is 0. The van der Waals surface area contributed by atoms with Gasteiger partial charge in [-0.15, -0.1) is 0 Å². The summed E-state index contributed by atoms with van der Waals surface area (Å²) in [6, 6.07) is 11.4. The maximum absolute atomic E-state index is 13.4. The fourth-order valence-electron chi connectivity index (χ4n) is 2.93. The molecule has 25 heavy (non-hydrogen) atoms. The predicted octanol–water partition coefficient (Wildman–Crippen LogP) is 2.56. The molecule has 1 atom stereocenters. The van der Waals surface area contributed by atoms with Gasteiger partial charge in [-0.25, -0.2) is 12.8 Å². The number of amides is 1. The molecule has 1 aliphatic rings. The Kier molecular flexibility index (Phi) is 4.62. The highest BCUT2D eigenvalue weighted by Crippen LogP contribution is 2.26. The van der Waals surface area contributed by atoms with Crippen LogP contribution in [0.4, 0.5) is 10.1 Å². The first-order chi connectivity index (χ1) is 11.8. The molecule has 0 aromatic heterocycles. The zero-order valence-corrected chi connectivity index (χ0v) is 14.8. The standard InChI is InChI=1S/C18H19FN2O3S/c1-13-6-8-17(9-7-13)25(23,24)21-11-10-20(18(22)14(21)2)16-5-3-4-15(19)12-16/h3-9,12,14H,10-11H2,1-2H3/t14-/m0/s1. The summed E-state index contributed by atoms with van der Waals surface area (Å²) in [7, 11) is -3.76. The van der Waals surface area contributed by atoms with E-state index in [9.17, 15) is 17.6 Å². The first-order valence-electron chi connectivity index (χ1n) is 7.96. The van der Waals surface area contributed by atoms with E-state index in [4.69, 9.17) is 0 Å². The van der Waals surface area contributed by atoms with Gasteiger partial charge in [0, 0.05) is 18.8 Å². The van der Waals surface area contributed by atoms with Crippen LogP contribution in [0.25, 0.3) is 0 Å². The second-order valence-electron chi connectivity index (χ2n) is 6.07. The highest BCUT2D eigenvalue weighted by atomic mass is 32.2. The maximum atomic E-state index is 13.4. The van der Waals surface area contributed by atoms with Crippen LogP contribution >= 0.6 is 0 Å². The Hall–Kier alpha value is -2.25. The molecule has 0 N–H and O–H groups in total. The second-order valence-corrected chi connectivity index (χ2v) is 7.97. The first kappa shape index (κ1) is 17.6. The van der Waals surface area contributed by atoms with Crippen molar-refractivity contribution in [2.75, 3.05) is 18.0 Å². The van der Waals surface area contributed by atoms with Gasteiger partial charge in [-0.05, 0) is 44.2 Å². The monoisotopic (exact) mass is 362 g/mol. The number of aryl methyl sites for hydroxylation is 1. The molecule has 1 heterocycles. The number of nitrogens with zero attached hydrogens (tertiary/aromatic N) is 2. The normalized spacial score (nSPS) is 19.2. The molecule has 1 aliphatic heterocycles. The van der Waals surface area contributed by atoms with Gasteiger partial charge in [0.25, 0.3) is 0 Å². The van der Waals surface area contributed by atoms with E-state index in [0.29, 0.717) is 5.69 Å². The van der Waals surface area contributed by atoms with E-state index in [0.717, 1.165) is 5.56 Å². The Morgan fingerprint density at radius 3 is 2.40 bits per heavy atom. The molecule has 2 aromatic carbocycles. The van der Waals surface area contributed by atoms with Crippen LogP contribution in [0.15, 0.2) is 53.4 Å². The van der Waals surface area contributed by atoms with Gasteiger partial charge in [0.2, 0.25) is 15.9 Å². The lowest BCUT2D eigenvalue weighted by atomic mass is 10.2. The van der Waals surface area contributed by atoms with E-state index in [2.05, 4.69) is 0 Å². The van der Waals surface area contributed by atoms with Crippen LogP contribution in [0.2, 0.25) is 0 Å². The molecule has 1 amide bonds. The van der Waals surface area contributed by atoms with Gasteiger partial charge in [-0.3, -0.25) is 4.79 Å². The molecule has 132 valence electrons. The molecule has 0 aliphatic carbocycles. The van der Waals surface area contributed by atoms with Crippen LogP contribution in [0.5, 0.6) is 0 Å². The number of piperazine rings is 1. The lowest BCUT2D eigenvalue weighted by molar-refractivity contribution is -0.123. The van der Waals surface area contributed by atoms with Crippen LogP contribution in [-0.4, -0.2) is 37.8 Å². The van der Waals surface area contributed by atoms with Gasteiger partial charge in [0.15, 0.2) is 0 Å². The second kappa shape index (κ2) is 6.57. The van der Waals surface area contributed by atoms with Crippen molar-refractivity contribution in [2.24, 2.45) is 0 Å². The molecule has 5 nitrogen and oxygen atoms in total. The van der Waals surface area contributed by atoms with Crippen LogP contribution in [0.3, 0.4) is 0 Å². The van der Waals surface area contributed by atoms with E-state index >= 15 is 0 Å². The van der Waals surface area contributed by atoms with E-state index in [1.165, 1.54) is 27.4 Å². The smallest absolute Gasteiger partial charge is 0.245 e. The van der Waals surface area contributed by atoms with Crippen LogP contribution in [0, 0.1) is 12.7 Å². The van der Waals surface area contributed by atoms with Gasteiger partial charge >= 0.3 is 0 Å². The van der Waals surface area contributed by atoms with Crippen molar-refractivity contribution in [2.45, 2.75) is 24.8 Å². The van der Waals surface area contributed by atoms with Gasteiger partial charge in [0.05, 0.1) is 4.90 Å². The fraction of sp³-hybridized carbons (Fsp3) is 0.278. The third-order valence-electron chi connectivity index (χ3n) is 4.35. The van der Waals surface area contributed by atoms with E-state index < -0.39 is 21.9 Å². The van der Waals surface area contributed by atoms with Gasteiger partial charge < -0.3 is 4.90 Å². The lowest BCUT2D eigenvalue weighted by Crippen LogP contribution is -2.57. The number of sulfonamides is 1. The number of halogens is 1. The molecule has 7 heteroatoms. The molecular weight excluding hydrogens is 343 g/mol. The number of benzene rings is 2. The Labute approximate surface area is 146 Å². The fourth-order valence-corrected chi connectivity index (χ4v) is 4.50. The maximum Gasteiger partial charge on any atom is 0.245 e. The summed E-state index contributed by atoms with van der Waals surface area (Å²) in [5.74, 6) is -0.805. The van der Waals surface area contributed by atoms with Crippen molar-refractivity contribution < 1.29 is 17.6 Å². The summed E-state index contributed by atoms with van der Waals surface area (Å²) in [4.78, 5) is 14.3. The quantitative estimate of drug-likeness (QED) is 0.843. The highest BCUT2D eigenvalue weighted by Gasteiger charge is 2.39. The number of rotatable bonds is 3. The van der Waals surface area contributed by atoms with Crippen LogP contribution in [-0.2, 0) is 14.8 Å². The van der Waals surface area contributed by atoms with Crippen molar-refractivity contribution in [3.05, 3.63) is 59.9 Å². The average molecular weight is 362 g/mol. The summed E-state index contributed by atoms with van der Waals surface area (Å²) in [5.41, 5.74) is 1.39. The summed E-state index contributed by atoms with van der Waals surface area (Å²) in [5, 5.41) is 0. The largest absolute Gasteiger partial charge is 0.310 e. The number of hydrogen-bond donors (Lipinski definition) is 0. The van der Waals surface area contributed by atoms with E-state index in [1.807, 2.05) is 6.92 Å². The molecule has 1 saturated heterocycles. The molecule has 1 fully saturated rings. The Bertz CT molecular complexity index is 897. The molecule has 0 spiro atoms. The summed E-state index contributed by atoms with van der Waals surface area (Å²) >= 11 is 0. The topological polar surface area (TPSA) is 57.7 Å². The number of carbonyl (C=O) groups is 1. The van der Waals surface area contributed by atoms with Crippen LogP contribution in [0.1, 0.15) is 12.5 Å². The molecule has 0 bridgehead atoms. The van der Waals surface area contributed by atoms with Crippen molar-refractivity contribution in [1.29, 1.82) is 0 Å². The number of anilines is 1. The number of hydrogen-bond acceptors (Lipinski definition) is 3. The molecule has 2 aromatic rings. The summed E-state index contributed by atoms with van der Waals surface area (Å²) < 4.78 is 40.3. The zero-order valence-electron chi connectivity index (χ0n) is 14.0. The SMILES string of the molecule is Cc1ccc(S(=O)(=O)N2CCN(c3cccc(F)c3)C(=O)[C@@H]2C)cc1. The minimum absolute atomic E-state index is 0.152. The lowest BCUT2D eigenvalue weighted by Gasteiger charge is -2.38. The van der Waals surface area contributed by atoms with Gasteiger partial charge in [-0.2, -0.15) is 4.31 Å². The Morgan fingerprint density at radius 1 is 1.08 bits per heavy atom. The Balaban J connectivity index is 1.87. The highest BCUT2D eigenvalue weighted by molar-refractivity contribution is 7.89. The Morgan fingerprint density at radius 2 is 1.76 bits per heavy atom. The third kappa shape index (κ3) is 3.29. The molecule has 0 saturated carbocycles. The van der Waals surface area contributed by atoms with Crippen molar-refractivity contribution in [3.63, 3.8) is 0 Å². The van der Waals surface area contributed by atoms with Gasteiger partial charge in [0.1, 0.15) is 11.9 Å². The van der Waals surface area contributed by atoms with E-state index in [-0.39, 0.29) is 23.9 Å². The zero-order chi connectivity index (χ0) is 18.2. The minimum atomic E-state index is -3.76. The van der Waals surface area contributed by atoms with Crippen molar-refractivity contribution in [3.8, 4) is 0 Å².